The highest BCUT2D eigenvalue weighted by Gasteiger charge is 2.45. The zero-order chi connectivity index (χ0) is 28.0. The monoisotopic (exact) mass is 543 g/mol. The molecule has 3 aromatic rings. The Morgan fingerprint density at radius 2 is 1.92 bits per heavy atom. The quantitative estimate of drug-likeness (QED) is 0.436. The van der Waals surface area contributed by atoms with Crippen LogP contribution in [0.25, 0.3) is 5.57 Å². The number of rotatable bonds is 6. The highest BCUT2D eigenvalue weighted by atomic mass is 35.5. The summed E-state index contributed by atoms with van der Waals surface area (Å²) in [6, 6.07) is 14.3. The summed E-state index contributed by atoms with van der Waals surface area (Å²) in [6.45, 7) is 8.56. The average molecular weight is 544 g/mol. The number of anilines is 1. The van der Waals surface area contributed by atoms with Crippen LogP contribution in [0.1, 0.15) is 71.6 Å². The van der Waals surface area contributed by atoms with Crippen LogP contribution in [0.5, 0.6) is 0 Å². The summed E-state index contributed by atoms with van der Waals surface area (Å²) < 4.78 is 7.75. The number of aromatic nitrogens is 2. The number of aryl methyl sites for hydroxylation is 1. The molecule has 0 saturated carbocycles. The Morgan fingerprint density at radius 1 is 1.21 bits per heavy atom. The van der Waals surface area contributed by atoms with Gasteiger partial charge in [0.15, 0.2) is 5.69 Å². The van der Waals surface area contributed by atoms with Gasteiger partial charge in [-0.15, -0.1) is 0 Å². The fourth-order valence-electron chi connectivity index (χ4n) is 5.32. The summed E-state index contributed by atoms with van der Waals surface area (Å²) in [7, 11) is 1.58. The van der Waals surface area contributed by atoms with E-state index >= 15 is 0 Å². The lowest BCUT2D eigenvalue weighted by molar-refractivity contribution is 0.0766. The highest BCUT2D eigenvalue weighted by Crippen LogP contribution is 2.46. The largest absolute Gasteiger partial charge is 0.494 e. The number of aliphatic hydroxyl groups excluding tert-OH is 1. The van der Waals surface area contributed by atoms with E-state index in [1.165, 1.54) is 0 Å². The normalized spacial score (nSPS) is 18.7. The summed E-state index contributed by atoms with van der Waals surface area (Å²) in [4.78, 5) is 22.6. The van der Waals surface area contributed by atoms with Gasteiger partial charge in [-0.1, -0.05) is 29.8 Å². The first-order chi connectivity index (χ1) is 18.7. The maximum atomic E-state index is 14.2. The topological polar surface area (TPSA) is 94.6 Å². The van der Waals surface area contributed by atoms with Crippen molar-refractivity contribution < 1.29 is 14.6 Å². The highest BCUT2D eigenvalue weighted by molar-refractivity contribution is 6.31. The molecule has 1 N–H and O–H groups in total. The molecule has 1 aromatic heterocycles. The number of halogens is 1. The Hall–Kier alpha value is -4.06. The molecule has 1 amide bonds. The molecule has 2 aliphatic rings. The van der Waals surface area contributed by atoms with Crippen LogP contribution in [0.15, 0.2) is 60.5 Å². The van der Waals surface area contributed by atoms with Crippen molar-refractivity contribution in [2.45, 2.75) is 46.0 Å². The van der Waals surface area contributed by atoms with E-state index in [0.717, 1.165) is 16.8 Å². The van der Waals surface area contributed by atoms with Crippen LogP contribution in [0.3, 0.4) is 0 Å². The Labute approximate surface area is 233 Å². The standard InChI is InChI=1S/C30H30ClN5O3/c1-6-34-16-24(39-5)22(14-25(34)37)29-33-26-28(35(29)17(2)3)27(20-10-8-19(15-32)9-11-20)36(30(26)38)23-13-21(31)12-7-18(23)4/h7-14,16-17,25,27,37H,6H2,1-5H3. The number of hydrogen-bond donors (Lipinski definition) is 1. The Kier molecular flexibility index (Phi) is 6.98. The summed E-state index contributed by atoms with van der Waals surface area (Å²) in [5.74, 6) is 0.852. The van der Waals surface area contributed by atoms with E-state index in [1.807, 2.05) is 50.5 Å². The van der Waals surface area contributed by atoms with Gasteiger partial charge in [0.1, 0.15) is 23.9 Å². The molecule has 2 unspecified atom stereocenters. The number of imidazole rings is 1. The molecule has 0 spiro atoms. The molecule has 200 valence electrons. The SMILES string of the molecule is CCN1C=C(OC)C(c2nc3c(n2C(C)C)C(c2ccc(C#N)cc2)N(c2cc(Cl)ccc2C)C3=O)=CC1O. The van der Waals surface area contributed by atoms with Crippen LogP contribution in [0, 0.1) is 18.3 Å². The maximum Gasteiger partial charge on any atom is 0.279 e. The minimum absolute atomic E-state index is 0.0781. The lowest BCUT2D eigenvalue weighted by Gasteiger charge is -2.31. The fourth-order valence-corrected chi connectivity index (χ4v) is 5.48. The van der Waals surface area contributed by atoms with Gasteiger partial charge < -0.3 is 19.3 Å². The molecular formula is C30H30ClN5O3. The number of ether oxygens (including phenoxy) is 1. The first kappa shape index (κ1) is 26.5. The van der Waals surface area contributed by atoms with Crippen molar-refractivity contribution in [2.75, 3.05) is 18.6 Å². The molecule has 0 saturated heterocycles. The number of benzene rings is 2. The number of hydrogen-bond acceptors (Lipinski definition) is 6. The van der Waals surface area contributed by atoms with Crippen LogP contribution in [0.2, 0.25) is 5.02 Å². The molecule has 0 fully saturated rings. The van der Waals surface area contributed by atoms with E-state index in [0.29, 0.717) is 45.7 Å². The van der Waals surface area contributed by atoms with Gasteiger partial charge in [0.25, 0.3) is 5.91 Å². The van der Waals surface area contributed by atoms with E-state index < -0.39 is 12.3 Å². The summed E-state index contributed by atoms with van der Waals surface area (Å²) in [5.41, 5.74) is 4.65. The van der Waals surface area contributed by atoms with Gasteiger partial charge in [-0.3, -0.25) is 9.69 Å². The molecule has 0 bridgehead atoms. The summed E-state index contributed by atoms with van der Waals surface area (Å²) in [5, 5.41) is 20.7. The van der Waals surface area contributed by atoms with Gasteiger partial charge in [0.2, 0.25) is 0 Å². The lowest BCUT2D eigenvalue weighted by Crippen LogP contribution is -2.33. The second-order valence-electron chi connectivity index (χ2n) is 9.90. The van der Waals surface area contributed by atoms with Crippen LogP contribution in [0.4, 0.5) is 5.69 Å². The van der Waals surface area contributed by atoms with E-state index in [9.17, 15) is 15.2 Å². The van der Waals surface area contributed by atoms with E-state index in [1.54, 1.807) is 53.5 Å². The molecule has 5 rings (SSSR count). The van der Waals surface area contributed by atoms with Crippen LogP contribution < -0.4 is 4.90 Å². The summed E-state index contributed by atoms with van der Waals surface area (Å²) >= 11 is 6.39. The fraction of sp³-hybridized carbons (Fsp3) is 0.300. The van der Waals surface area contributed by atoms with Crippen molar-refractivity contribution in [1.29, 1.82) is 5.26 Å². The van der Waals surface area contributed by atoms with Crippen molar-refractivity contribution in [2.24, 2.45) is 0 Å². The number of allylic oxidation sites excluding steroid dienone is 1. The molecule has 2 atom stereocenters. The van der Waals surface area contributed by atoms with Gasteiger partial charge in [0, 0.05) is 29.5 Å². The third-order valence-electron chi connectivity index (χ3n) is 7.22. The van der Waals surface area contributed by atoms with Gasteiger partial charge in [-0.05, 0) is 69.2 Å². The average Bonchev–Trinajstić information content (AvgIpc) is 3.45. The lowest BCUT2D eigenvalue weighted by atomic mass is 10.0. The van der Waals surface area contributed by atoms with Crippen molar-refractivity contribution in [3.05, 3.63) is 99.4 Å². The number of amides is 1. The minimum Gasteiger partial charge on any atom is -0.494 e. The van der Waals surface area contributed by atoms with Crippen molar-refractivity contribution in [3.63, 3.8) is 0 Å². The van der Waals surface area contributed by atoms with E-state index in [-0.39, 0.29) is 11.9 Å². The zero-order valence-corrected chi connectivity index (χ0v) is 23.3. The van der Waals surface area contributed by atoms with E-state index in [2.05, 4.69) is 6.07 Å². The predicted octanol–water partition coefficient (Wildman–Crippen LogP) is 5.57. The van der Waals surface area contributed by atoms with Crippen molar-refractivity contribution in [3.8, 4) is 6.07 Å². The minimum atomic E-state index is -0.855. The molecule has 0 aliphatic carbocycles. The first-order valence-electron chi connectivity index (χ1n) is 12.8. The number of fused-ring (bicyclic) bond motifs is 1. The Balaban J connectivity index is 1.76. The second kappa shape index (κ2) is 10.3. The Bertz CT molecular complexity index is 1550. The second-order valence-corrected chi connectivity index (χ2v) is 10.3. The third-order valence-corrected chi connectivity index (χ3v) is 7.45. The maximum absolute atomic E-state index is 14.2. The van der Waals surface area contributed by atoms with Gasteiger partial charge in [-0.2, -0.15) is 5.26 Å². The summed E-state index contributed by atoms with van der Waals surface area (Å²) in [6.07, 6.45) is 2.62. The molecule has 0 radical (unpaired) electrons. The molecule has 9 heteroatoms. The zero-order valence-electron chi connectivity index (χ0n) is 22.5. The number of likely N-dealkylation sites (N-methyl/N-ethyl adjacent to an activating group) is 1. The molecular weight excluding hydrogens is 514 g/mol. The number of aliphatic hydroxyl groups is 1. The van der Waals surface area contributed by atoms with Gasteiger partial charge in [-0.25, -0.2) is 4.98 Å². The number of nitrogens with zero attached hydrogens (tertiary/aromatic N) is 5. The predicted molar refractivity (Wildman–Crippen MR) is 150 cm³/mol. The number of nitriles is 1. The van der Waals surface area contributed by atoms with Crippen LogP contribution in [-0.2, 0) is 4.74 Å². The molecule has 2 aromatic carbocycles. The van der Waals surface area contributed by atoms with Crippen molar-refractivity contribution >= 4 is 28.8 Å². The molecule has 2 aliphatic heterocycles. The Morgan fingerprint density at radius 3 is 2.54 bits per heavy atom. The first-order valence-corrected chi connectivity index (χ1v) is 13.2. The van der Waals surface area contributed by atoms with Crippen LogP contribution in [-0.4, -0.2) is 45.3 Å². The number of methoxy groups -OCH3 is 1. The van der Waals surface area contributed by atoms with Crippen LogP contribution >= 0.6 is 11.6 Å². The molecule has 8 nitrogen and oxygen atoms in total. The van der Waals surface area contributed by atoms with E-state index in [4.69, 9.17) is 21.3 Å². The van der Waals surface area contributed by atoms with Gasteiger partial charge in [0.05, 0.1) is 30.0 Å². The third kappa shape index (κ3) is 4.38. The number of carbonyl (C=O) groups excluding carboxylic acids is 1. The number of carbonyl (C=O) groups is 1. The van der Waals surface area contributed by atoms with Gasteiger partial charge >= 0.3 is 0 Å². The molecule has 3 heterocycles. The molecule has 39 heavy (non-hydrogen) atoms. The smallest absolute Gasteiger partial charge is 0.279 e. The van der Waals surface area contributed by atoms with Crippen molar-refractivity contribution in [1.82, 2.24) is 14.5 Å².